The number of hydrogen-bond donors (Lipinski definition) is 1. The Morgan fingerprint density at radius 1 is 1.29 bits per heavy atom. The van der Waals surface area contributed by atoms with Gasteiger partial charge in [-0.15, -0.1) is 0 Å². The van der Waals surface area contributed by atoms with Gasteiger partial charge in [-0.3, -0.25) is 9.78 Å². The quantitative estimate of drug-likeness (QED) is 0.633. The summed E-state index contributed by atoms with van der Waals surface area (Å²) in [5, 5.41) is 2.10. The number of fused-ring (bicyclic) bond motifs is 3. The molecule has 0 bridgehead atoms. The van der Waals surface area contributed by atoms with Gasteiger partial charge in [-0.1, -0.05) is 35.1 Å². The zero-order valence-corrected chi connectivity index (χ0v) is 10.0. The highest BCUT2D eigenvalue weighted by Gasteiger charge is 2.09. The van der Waals surface area contributed by atoms with Crippen LogP contribution in [0.25, 0.3) is 21.0 Å². The lowest BCUT2D eigenvalue weighted by Gasteiger charge is -2.03. The Hall–Kier alpha value is -1.72. The first-order valence-corrected chi connectivity index (χ1v) is 6.00. The van der Waals surface area contributed by atoms with Crippen molar-refractivity contribution in [2.75, 3.05) is 5.73 Å². The van der Waals surface area contributed by atoms with Crippen molar-refractivity contribution >= 4 is 49.1 Å². The van der Waals surface area contributed by atoms with Crippen LogP contribution in [0, 0.1) is 0 Å². The van der Waals surface area contributed by atoms with Crippen LogP contribution in [0.4, 0.5) is 5.13 Å². The molecule has 0 saturated heterocycles. The molecule has 0 saturated carbocycles. The summed E-state index contributed by atoms with van der Waals surface area (Å²) >= 11 is 7.32. The summed E-state index contributed by atoms with van der Waals surface area (Å²) in [5.41, 5.74) is 5.92. The van der Waals surface area contributed by atoms with E-state index in [2.05, 4.69) is 9.97 Å². The van der Waals surface area contributed by atoms with Gasteiger partial charge in [0.15, 0.2) is 5.13 Å². The van der Waals surface area contributed by atoms with E-state index in [-0.39, 0.29) is 10.7 Å². The predicted molar refractivity (Wildman–Crippen MR) is 70.6 cm³/mol. The van der Waals surface area contributed by atoms with Gasteiger partial charge in [0.1, 0.15) is 0 Å². The third-order valence-electron chi connectivity index (χ3n) is 2.45. The van der Waals surface area contributed by atoms with Gasteiger partial charge in [0.25, 0.3) is 5.56 Å². The largest absolute Gasteiger partial charge is 0.375 e. The van der Waals surface area contributed by atoms with Gasteiger partial charge in [-0.05, 0) is 6.07 Å². The standard InChI is InChI=1S/C11H6ClN3OS/c12-7-3-1-2-5-8(7)14-4-6-9(5)17-11(13)15-10(6)16/h1-4H,(H2,13,15,16). The van der Waals surface area contributed by atoms with E-state index in [1.807, 2.05) is 12.1 Å². The fourth-order valence-corrected chi connectivity index (χ4v) is 2.80. The molecule has 0 fully saturated rings. The number of nitrogen functional groups attached to an aromatic ring is 1. The summed E-state index contributed by atoms with van der Waals surface area (Å²) < 4.78 is 0.773. The lowest BCUT2D eigenvalue weighted by molar-refractivity contribution is 1.31. The van der Waals surface area contributed by atoms with E-state index in [0.29, 0.717) is 15.9 Å². The molecule has 2 N–H and O–H groups in total. The van der Waals surface area contributed by atoms with Crippen molar-refractivity contribution in [3.8, 4) is 0 Å². The van der Waals surface area contributed by atoms with Crippen molar-refractivity contribution in [2.45, 2.75) is 0 Å². The van der Waals surface area contributed by atoms with E-state index in [4.69, 9.17) is 17.3 Å². The summed E-state index contributed by atoms with van der Waals surface area (Å²) in [4.78, 5) is 19.6. The molecule has 2 aromatic heterocycles. The Morgan fingerprint density at radius 3 is 2.94 bits per heavy atom. The number of benzene rings is 1. The Balaban J connectivity index is 2.65. The first-order valence-electron chi connectivity index (χ1n) is 4.80. The number of anilines is 1. The number of nitrogens with zero attached hydrogens (tertiary/aromatic N) is 2. The average molecular weight is 264 g/mol. The molecule has 0 atom stereocenters. The molecule has 0 spiro atoms. The second-order valence-corrected chi connectivity index (χ2v) is 4.93. The van der Waals surface area contributed by atoms with E-state index in [9.17, 15) is 4.79 Å². The van der Waals surface area contributed by atoms with E-state index < -0.39 is 0 Å². The second kappa shape index (κ2) is 3.65. The number of halogens is 1. The van der Waals surface area contributed by atoms with Gasteiger partial charge in [-0.2, -0.15) is 4.98 Å². The summed E-state index contributed by atoms with van der Waals surface area (Å²) in [6.45, 7) is 0. The SMILES string of the molecule is Nc1nc(=O)c2cnc3c(Cl)cccc3c2s1. The third-order valence-corrected chi connectivity index (χ3v) is 3.70. The van der Waals surface area contributed by atoms with Crippen molar-refractivity contribution in [2.24, 2.45) is 0 Å². The number of rotatable bonds is 0. The average Bonchev–Trinajstić information content (AvgIpc) is 2.29. The number of aromatic nitrogens is 2. The molecule has 0 aliphatic carbocycles. The van der Waals surface area contributed by atoms with E-state index in [1.165, 1.54) is 17.5 Å². The first kappa shape index (κ1) is 10.4. The Morgan fingerprint density at radius 2 is 2.12 bits per heavy atom. The third kappa shape index (κ3) is 1.55. The maximum atomic E-state index is 11.7. The molecule has 84 valence electrons. The van der Waals surface area contributed by atoms with E-state index >= 15 is 0 Å². The van der Waals surface area contributed by atoms with Gasteiger partial charge < -0.3 is 5.73 Å². The molecule has 2 heterocycles. The number of nitrogens with two attached hydrogens (primary N) is 1. The first-order chi connectivity index (χ1) is 8.16. The van der Waals surface area contributed by atoms with Crippen LogP contribution in [0.15, 0.2) is 29.2 Å². The second-order valence-electron chi connectivity index (χ2n) is 3.49. The Kier molecular flexibility index (Phi) is 2.24. The van der Waals surface area contributed by atoms with Crippen molar-refractivity contribution in [1.29, 1.82) is 0 Å². The van der Waals surface area contributed by atoms with Crippen LogP contribution < -0.4 is 11.3 Å². The molecule has 3 aromatic rings. The van der Waals surface area contributed by atoms with Crippen molar-refractivity contribution < 1.29 is 0 Å². The molecule has 6 heteroatoms. The summed E-state index contributed by atoms with van der Waals surface area (Å²) in [6, 6.07) is 5.45. The highest BCUT2D eigenvalue weighted by atomic mass is 35.5. The molecular weight excluding hydrogens is 258 g/mol. The lowest BCUT2D eigenvalue weighted by Crippen LogP contribution is -2.07. The molecule has 0 aliphatic rings. The van der Waals surface area contributed by atoms with Gasteiger partial charge in [-0.25, -0.2) is 0 Å². The van der Waals surface area contributed by atoms with Crippen molar-refractivity contribution in [1.82, 2.24) is 9.97 Å². The van der Waals surface area contributed by atoms with Gasteiger partial charge >= 0.3 is 0 Å². The molecule has 4 nitrogen and oxygen atoms in total. The van der Waals surface area contributed by atoms with Crippen molar-refractivity contribution in [3.05, 3.63) is 39.8 Å². The van der Waals surface area contributed by atoms with Crippen LogP contribution in [-0.2, 0) is 0 Å². The zero-order valence-electron chi connectivity index (χ0n) is 8.48. The lowest BCUT2D eigenvalue weighted by atomic mass is 10.2. The Labute approximate surface area is 105 Å². The van der Waals surface area contributed by atoms with Gasteiger partial charge in [0.05, 0.1) is 20.6 Å². The minimum absolute atomic E-state index is 0.245. The number of para-hydroxylation sites is 1. The highest BCUT2D eigenvalue weighted by Crippen LogP contribution is 2.30. The zero-order chi connectivity index (χ0) is 12.0. The minimum atomic E-state index is -0.356. The smallest absolute Gasteiger partial charge is 0.282 e. The molecular formula is C11H6ClN3OS. The molecule has 0 amide bonds. The summed E-state index contributed by atoms with van der Waals surface area (Å²) in [7, 11) is 0. The summed E-state index contributed by atoms with van der Waals surface area (Å²) in [5.74, 6) is 0. The van der Waals surface area contributed by atoms with Crippen LogP contribution in [0.1, 0.15) is 0 Å². The van der Waals surface area contributed by atoms with Crippen LogP contribution in [0.2, 0.25) is 5.02 Å². The summed E-state index contributed by atoms with van der Waals surface area (Å²) in [6.07, 6.45) is 1.49. The Bertz CT molecular complexity index is 800. The molecule has 3 rings (SSSR count). The number of pyridine rings is 1. The van der Waals surface area contributed by atoms with Gasteiger partial charge in [0, 0.05) is 11.6 Å². The maximum Gasteiger partial charge on any atom is 0.282 e. The van der Waals surface area contributed by atoms with E-state index in [0.717, 1.165) is 10.1 Å². The molecule has 0 aliphatic heterocycles. The van der Waals surface area contributed by atoms with Crippen LogP contribution >= 0.6 is 22.9 Å². The van der Waals surface area contributed by atoms with Crippen LogP contribution in [0.3, 0.4) is 0 Å². The molecule has 0 unspecified atom stereocenters. The molecule has 0 radical (unpaired) electrons. The van der Waals surface area contributed by atoms with Gasteiger partial charge in [0.2, 0.25) is 0 Å². The molecule has 17 heavy (non-hydrogen) atoms. The fraction of sp³-hybridized carbons (Fsp3) is 0. The highest BCUT2D eigenvalue weighted by molar-refractivity contribution is 7.22. The van der Waals surface area contributed by atoms with E-state index in [1.54, 1.807) is 6.07 Å². The topological polar surface area (TPSA) is 68.9 Å². The number of hydrogen-bond acceptors (Lipinski definition) is 5. The monoisotopic (exact) mass is 263 g/mol. The predicted octanol–water partition coefficient (Wildman–Crippen LogP) is 2.44. The molecule has 1 aromatic carbocycles. The van der Waals surface area contributed by atoms with Crippen molar-refractivity contribution in [3.63, 3.8) is 0 Å². The van der Waals surface area contributed by atoms with Crippen LogP contribution in [0.5, 0.6) is 0 Å². The normalized spacial score (nSPS) is 11.1. The maximum absolute atomic E-state index is 11.7. The van der Waals surface area contributed by atoms with Crippen LogP contribution in [-0.4, -0.2) is 9.97 Å². The fourth-order valence-electron chi connectivity index (χ4n) is 1.71. The minimum Gasteiger partial charge on any atom is -0.375 e.